The van der Waals surface area contributed by atoms with E-state index >= 15 is 0 Å². The number of hydrogen-bond acceptors (Lipinski definition) is 2. The Morgan fingerprint density at radius 2 is 1.76 bits per heavy atom. The molecule has 2 aromatic carbocycles. The zero-order chi connectivity index (χ0) is 14.9. The first kappa shape index (κ1) is 15.6. The van der Waals surface area contributed by atoms with E-state index in [9.17, 15) is 4.79 Å². The fraction of sp³-hybridized carbons (Fsp3) is 0.278. The summed E-state index contributed by atoms with van der Waals surface area (Å²) < 4.78 is 0. The smallest absolute Gasteiger partial charge is 0.221 e. The van der Waals surface area contributed by atoms with Gasteiger partial charge in [-0.25, -0.2) is 0 Å². The Bertz CT molecular complexity index is 568. The highest BCUT2D eigenvalue weighted by Gasteiger charge is 2.03. The first-order valence-electron chi connectivity index (χ1n) is 7.18. The van der Waals surface area contributed by atoms with Gasteiger partial charge in [0.05, 0.1) is 0 Å². The van der Waals surface area contributed by atoms with E-state index < -0.39 is 0 Å². The molecule has 1 amide bonds. The number of thioether (sulfide) groups is 1. The molecule has 1 N–H and O–H groups in total. The number of nitrogens with one attached hydrogen (secondary N) is 1. The maximum atomic E-state index is 11.8. The Hall–Kier alpha value is -1.74. The van der Waals surface area contributed by atoms with E-state index in [4.69, 9.17) is 0 Å². The summed E-state index contributed by atoms with van der Waals surface area (Å²) in [7, 11) is 0. The summed E-state index contributed by atoms with van der Waals surface area (Å²) in [4.78, 5) is 11.8. The first-order chi connectivity index (χ1) is 10.3. The van der Waals surface area contributed by atoms with Crippen LogP contribution in [0.3, 0.4) is 0 Å². The Morgan fingerprint density at radius 3 is 2.52 bits per heavy atom. The molecule has 2 aromatic rings. The molecule has 0 heterocycles. The van der Waals surface area contributed by atoms with Crippen molar-refractivity contribution in [2.24, 2.45) is 0 Å². The van der Waals surface area contributed by atoms with Gasteiger partial charge in [0.15, 0.2) is 0 Å². The van der Waals surface area contributed by atoms with Crippen molar-refractivity contribution in [3.63, 3.8) is 0 Å². The fourth-order valence-corrected chi connectivity index (χ4v) is 2.92. The highest BCUT2D eigenvalue weighted by molar-refractivity contribution is 7.98. The van der Waals surface area contributed by atoms with Crippen LogP contribution in [0.4, 0.5) is 0 Å². The Balaban J connectivity index is 1.63. The van der Waals surface area contributed by atoms with Crippen LogP contribution in [-0.2, 0) is 17.1 Å². The summed E-state index contributed by atoms with van der Waals surface area (Å²) in [6, 6.07) is 18.5. The van der Waals surface area contributed by atoms with Gasteiger partial charge in [0.2, 0.25) is 5.91 Å². The van der Waals surface area contributed by atoms with Crippen LogP contribution < -0.4 is 5.32 Å². The van der Waals surface area contributed by atoms with Crippen molar-refractivity contribution in [2.45, 2.75) is 25.6 Å². The van der Waals surface area contributed by atoms with Crippen LogP contribution in [0.5, 0.6) is 0 Å². The van der Waals surface area contributed by atoms with Crippen molar-refractivity contribution < 1.29 is 4.79 Å². The molecular weight excluding hydrogens is 278 g/mol. The van der Waals surface area contributed by atoms with Gasteiger partial charge in [0, 0.05) is 24.5 Å². The number of hydrogen-bond donors (Lipinski definition) is 1. The van der Waals surface area contributed by atoms with E-state index in [0.717, 1.165) is 11.5 Å². The lowest BCUT2D eigenvalue weighted by molar-refractivity contribution is -0.120. The monoisotopic (exact) mass is 299 g/mol. The second kappa shape index (κ2) is 8.53. The van der Waals surface area contributed by atoms with Gasteiger partial charge >= 0.3 is 0 Å². The largest absolute Gasteiger partial charge is 0.352 e. The highest BCUT2D eigenvalue weighted by atomic mass is 32.2. The molecule has 0 spiro atoms. The van der Waals surface area contributed by atoms with Gasteiger partial charge in [-0.05, 0) is 23.6 Å². The van der Waals surface area contributed by atoms with Gasteiger partial charge in [0.25, 0.3) is 0 Å². The van der Waals surface area contributed by atoms with Crippen LogP contribution in [0.15, 0.2) is 54.6 Å². The van der Waals surface area contributed by atoms with Gasteiger partial charge in [-0.15, -0.1) is 0 Å². The number of rotatable bonds is 7. The van der Waals surface area contributed by atoms with Crippen molar-refractivity contribution in [1.82, 2.24) is 5.32 Å². The van der Waals surface area contributed by atoms with E-state index in [-0.39, 0.29) is 5.91 Å². The third-order valence-corrected chi connectivity index (χ3v) is 4.35. The predicted molar refractivity (Wildman–Crippen MR) is 90.2 cm³/mol. The van der Waals surface area contributed by atoms with Gasteiger partial charge in [-0.2, -0.15) is 11.8 Å². The lowest BCUT2D eigenvalue weighted by Gasteiger charge is -2.07. The van der Waals surface area contributed by atoms with Crippen molar-refractivity contribution in [3.05, 3.63) is 71.3 Å². The first-order valence-corrected chi connectivity index (χ1v) is 8.34. The van der Waals surface area contributed by atoms with E-state index in [0.29, 0.717) is 13.0 Å². The summed E-state index contributed by atoms with van der Waals surface area (Å²) in [5, 5.41) is 2.99. The zero-order valence-corrected chi connectivity index (χ0v) is 13.2. The molecule has 0 aliphatic heterocycles. The molecule has 0 saturated carbocycles. The molecule has 0 atom stereocenters. The molecule has 0 saturated heterocycles. The molecule has 110 valence electrons. The van der Waals surface area contributed by atoms with Crippen LogP contribution in [0.2, 0.25) is 0 Å². The van der Waals surface area contributed by atoms with Crippen molar-refractivity contribution in [1.29, 1.82) is 0 Å². The second-order valence-corrected chi connectivity index (χ2v) is 6.10. The van der Waals surface area contributed by atoms with Crippen LogP contribution in [0, 0.1) is 6.92 Å². The van der Waals surface area contributed by atoms with Gasteiger partial charge in [-0.3, -0.25) is 4.79 Å². The van der Waals surface area contributed by atoms with Crippen LogP contribution in [-0.4, -0.2) is 11.7 Å². The van der Waals surface area contributed by atoms with E-state index in [1.807, 2.05) is 30.3 Å². The SMILES string of the molecule is Cc1ccccc1CNC(=O)CCSCc1ccccc1. The molecule has 0 bridgehead atoms. The fourth-order valence-electron chi connectivity index (χ4n) is 2.02. The standard InChI is InChI=1S/C18H21NOS/c1-15-7-5-6-10-17(15)13-19-18(20)11-12-21-14-16-8-3-2-4-9-16/h2-10H,11-14H2,1H3,(H,19,20). The molecule has 0 aliphatic rings. The number of aryl methyl sites for hydroxylation is 1. The van der Waals surface area contributed by atoms with Crippen LogP contribution in [0.25, 0.3) is 0 Å². The lowest BCUT2D eigenvalue weighted by atomic mass is 10.1. The van der Waals surface area contributed by atoms with E-state index in [1.54, 1.807) is 11.8 Å². The minimum atomic E-state index is 0.124. The molecule has 0 unspecified atom stereocenters. The van der Waals surface area contributed by atoms with Crippen LogP contribution in [0.1, 0.15) is 23.1 Å². The third kappa shape index (κ3) is 5.64. The van der Waals surface area contributed by atoms with Crippen molar-refractivity contribution in [2.75, 3.05) is 5.75 Å². The van der Waals surface area contributed by atoms with Crippen molar-refractivity contribution >= 4 is 17.7 Å². The molecular formula is C18H21NOS. The number of carbonyl (C=O) groups is 1. The minimum Gasteiger partial charge on any atom is -0.352 e. The Morgan fingerprint density at radius 1 is 1.05 bits per heavy atom. The number of carbonyl (C=O) groups excluding carboxylic acids is 1. The topological polar surface area (TPSA) is 29.1 Å². The quantitative estimate of drug-likeness (QED) is 0.785. The average molecular weight is 299 g/mol. The lowest BCUT2D eigenvalue weighted by Crippen LogP contribution is -2.23. The van der Waals surface area contributed by atoms with Crippen molar-refractivity contribution in [3.8, 4) is 0 Å². The third-order valence-electron chi connectivity index (χ3n) is 3.32. The molecule has 2 nitrogen and oxygen atoms in total. The summed E-state index contributed by atoms with van der Waals surface area (Å²) >= 11 is 1.80. The van der Waals surface area contributed by atoms with E-state index in [1.165, 1.54) is 16.7 Å². The maximum Gasteiger partial charge on any atom is 0.221 e. The number of benzene rings is 2. The normalized spacial score (nSPS) is 10.3. The summed E-state index contributed by atoms with van der Waals surface area (Å²) in [6.45, 7) is 2.69. The summed E-state index contributed by atoms with van der Waals surface area (Å²) in [6.07, 6.45) is 0.573. The van der Waals surface area contributed by atoms with Crippen LogP contribution >= 0.6 is 11.8 Å². The molecule has 3 heteroatoms. The average Bonchev–Trinajstić information content (AvgIpc) is 2.52. The predicted octanol–water partition coefficient (Wildman–Crippen LogP) is 3.93. The summed E-state index contributed by atoms with van der Waals surface area (Å²) in [5.74, 6) is 1.94. The Labute approximate surface area is 131 Å². The zero-order valence-electron chi connectivity index (χ0n) is 12.3. The molecule has 0 fully saturated rings. The number of amides is 1. The highest BCUT2D eigenvalue weighted by Crippen LogP contribution is 2.12. The maximum absolute atomic E-state index is 11.8. The van der Waals surface area contributed by atoms with Gasteiger partial charge in [-0.1, -0.05) is 54.6 Å². The van der Waals surface area contributed by atoms with Gasteiger partial charge < -0.3 is 5.32 Å². The van der Waals surface area contributed by atoms with Gasteiger partial charge in [0.1, 0.15) is 0 Å². The second-order valence-electron chi connectivity index (χ2n) is 4.99. The molecule has 2 rings (SSSR count). The Kier molecular flexibility index (Phi) is 6.35. The molecule has 0 aliphatic carbocycles. The van der Waals surface area contributed by atoms with E-state index in [2.05, 4.69) is 36.5 Å². The molecule has 21 heavy (non-hydrogen) atoms. The minimum absolute atomic E-state index is 0.124. The molecule has 0 aromatic heterocycles. The molecule has 0 radical (unpaired) electrons. The summed E-state index contributed by atoms with van der Waals surface area (Å²) in [5.41, 5.74) is 3.71.